The molecule has 0 bridgehead atoms. The largest absolute Gasteiger partial charge is 0.349 e. The summed E-state index contributed by atoms with van der Waals surface area (Å²) in [5.41, 5.74) is 0.603. The fraction of sp³-hybridized carbons (Fsp3) is 0.857. The average molecular weight is 389 g/mol. The highest BCUT2D eigenvalue weighted by Crippen LogP contribution is 2.35. The Labute approximate surface area is 168 Å². The summed E-state index contributed by atoms with van der Waals surface area (Å²) in [6.45, 7) is 6.08. The zero-order valence-electron chi connectivity index (χ0n) is 17.2. The minimum Gasteiger partial charge on any atom is -0.349 e. The normalized spacial score (nSPS) is 26.1. The molecule has 3 heterocycles. The van der Waals surface area contributed by atoms with Crippen LogP contribution < -0.4 is 10.6 Å². The fourth-order valence-electron chi connectivity index (χ4n) is 5.35. The Hall–Kier alpha value is -1.47. The maximum atomic E-state index is 12.8. The maximum absolute atomic E-state index is 12.8. The van der Waals surface area contributed by atoms with E-state index in [0.717, 1.165) is 26.2 Å². The number of piperidine rings is 2. The van der Waals surface area contributed by atoms with Gasteiger partial charge in [0.2, 0.25) is 0 Å². The maximum Gasteiger partial charge on any atom is 0.273 e. The van der Waals surface area contributed by atoms with Crippen molar-refractivity contribution in [2.24, 2.45) is 5.92 Å². The van der Waals surface area contributed by atoms with Crippen molar-refractivity contribution in [3.63, 3.8) is 0 Å². The summed E-state index contributed by atoms with van der Waals surface area (Å²) in [7, 11) is 0. The molecule has 2 N–H and O–H groups in total. The molecule has 1 atom stereocenters. The minimum absolute atomic E-state index is 0.0741. The minimum atomic E-state index is -0.0741. The summed E-state index contributed by atoms with van der Waals surface area (Å²) < 4.78 is 1.84. The van der Waals surface area contributed by atoms with Gasteiger partial charge in [0.1, 0.15) is 0 Å². The molecule has 28 heavy (non-hydrogen) atoms. The Morgan fingerprint density at radius 2 is 1.93 bits per heavy atom. The van der Waals surface area contributed by atoms with Crippen LogP contribution in [0.1, 0.15) is 74.7 Å². The van der Waals surface area contributed by atoms with Crippen LogP contribution in [0.5, 0.6) is 0 Å². The zero-order valence-corrected chi connectivity index (χ0v) is 17.2. The predicted octanol–water partition coefficient (Wildman–Crippen LogP) is 2.20. The first kappa shape index (κ1) is 19.8. The lowest BCUT2D eigenvalue weighted by Gasteiger charge is -2.48. The highest BCUT2D eigenvalue weighted by molar-refractivity contribution is 5.91. The van der Waals surface area contributed by atoms with E-state index >= 15 is 0 Å². The Morgan fingerprint density at radius 1 is 1.14 bits per heavy atom. The molecule has 156 valence electrons. The molecule has 2 saturated heterocycles. The standard InChI is InChI=1S/C21H36N6O/c28-20(19-16-27(25-24-19)15-18-8-7-11-22-14-18)23-17-21(9-3-1-4-10-21)26-12-5-2-6-13-26/h16,18,22H,1-15,17H2,(H,23,28). The van der Waals surface area contributed by atoms with Crippen LogP contribution in [0.3, 0.4) is 0 Å². The molecule has 1 aliphatic carbocycles. The number of likely N-dealkylation sites (tertiary alicyclic amines) is 1. The lowest BCUT2D eigenvalue weighted by atomic mass is 9.79. The number of carbonyl (C=O) groups excluding carboxylic acids is 1. The summed E-state index contributed by atoms with van der Waals surface area (Å²) in [6.07, 6.45) is 14.5. The number of rotatable bonds is 6. The van der Waals surface area contributed by atoms with Gasteiger partial charge in [-0.05, 0) is 70.6 Å². The van der Waals surface area contributed by atoms with Gasteiger partial charge in [0, 0.05) is 18.6 Å². The number of hydrogen-bond donors (Lipinski definition) is 2. The summed E-state index contributed by atoms with van der Waals surface area (Å²) in [5, 5.41) is 15.0. The van der Waals surface area contributed by atoms with Crippen LogP contribution >= 0.6 is 0 Å². The first-order valence-electron chi connectivity index (χ1n) is 11.4. The number of carbonyl (C=O) groups is 1. The van der Waals surface area contributed by atoms with Gasteiger partial charge in [-0.3, -0.25) is 14.4 Å². The molecule has 3 aliphatic rings. The number of nitrogens with one attached hydrogen (secondary N) is 2. The van der Waals surface area contributed by atoms with Gasteiger partial charge in [-0.25, -0.2) is 0 Å². The van der Waals surface area contributed by atoms with E-state index in [1.807, 2.05) is 10.9 Å². The van der Waals surface area contributed by atoms with Crippen molar-refractivity contribution in [1.29, 1.82) is 0 Å². The van der Waals surface area contributed by atoms with Gasteiger partial charge in [0.15, 0.2) is 5.69 Å². The molecule has 1 amide bonds. The second-order valence-electron chi connectivity index (χ2n) is 9.05. The summed E-state index contributed by atoms with van der Waals surface area (Å²) >= 11 is 0. The van der Waals surface area contributed by atoms with Crippen LogP contribution in [0, 0.1) is 5.92 Å². The summed E-state index contributed by atoms with van der Waals surface area (Å²) in [5.74, 6) is 0.506. The van der Waals surface area contributed by atoms with Crippen LogP contribution in [0.4, 0.5) is 0 Å². The lowest BCUT2D eigenvalue weighted by molar-refractivity contribution is 0.0326. The van der Waals surface area contributed by atoms with Crippen molar-refractivity contribution in [2.45, 2.75) is 76.3 Å². The molecule has 1 aromatic heterocycles. The highest BCUT2D eigenvalue weighted by atomic mass is 16.2. The SMILES string of the molecule is O=C(NCC1(N2CCCCC2)CCCCC1)c1cn(CC2CCCNC2)nn1. The van der Waals surface area contributed by atoms with Crippen LogP contribution in [0.25, 0.3) is 0 Å². The molecule has 0 aromatic carbocycles. The van der Waals surface area contributed by atoms with Gasteiger partial charge in [-0.1, -0.05) is 30.9 Å². The van der Waals surface area contributed by atoms with Crippen molar-refractivity contribution in [3.8, 4) is 0 Å². The Bertz CT molecular complexity index is 627. The van der Waals surface area contributed by atoms with Crippen molar-refractivity contribution >= 4 is 5.91 Å². The van der Waals surface area contributed by atoms with Crippen LogP contribution in [0.2, 0.25) is 0 Å². The molecule has 0 spiro atoms. The van der Waals surface area contributed by atoms with Gasteiger partial charge < -0.3 is 10.6 Å². The van der Waals surface area contributed by atoms with Gasteiger partial charge in [-0.15, -0.1) is 5.10 Å². The number of hydrogen-bond acceptors (Lipinski definition) is 5. The zero-order chi connectivity index (χ0) is 19.2. The number of nitrogens with zero attached hydrogens (tertiary/aromatic N) is 4. The Balaban J connectivity index is 1.34. The number of amides is 1. The van der Waals surface area contributed by atoms with Crippen molar-refractivity contribution in [3.05, 3.63) is 11.9 Å². The van der Waals surface area contributed by atoms with Gasteiger partial charge in [-0.2, -0.15) is 0 Å². The van der Waals surface area contributed by atoms with E-state index in [4.69, 9.17) is 0 Å². The van der Waals surface area contributed by atoms with E-state index < -0.39 is 0 Å². The molecular weight excluding hydrogens is 352 g/mol. The molecule has 7 nitrogen and oxygen atoms in total. The summed E-state index contributed by atoms with van der Waals surface area (Å²) in [6, 6.07) is 0. The monoisotopic (exact) mass is 388 g/mol. The van der Waals surface area contributed by atoms with E-state index in [0.29, 0.717) is 11.6 Å². The molecule has 1 aromatic rings. The van der Waals surface area contributed by atoms with Crippen LogP contribution in [0.15, 0.2) is 6.20 Å². The molecule has 1 unspecified atom stereocenters. The molecule has 1 saturated carbocycles. The third kappa shape index (κ3) is 4.74. The van der Waals surface area contributed by atoms with Crippen LogP contribution in [-0.2, 0) is 6.54 Å². The third-order valence-electron chi connectivity index (χ3n) is 7.00. The smallest absolute Gasteiger partial charge is 0.273 e. The lowest BCUT2D eigenvalue weighted by Crippen LogP contribution is -2.58. The van der Waals surface area contributed by atoms with Gasteiger partial charge in [0.05, 0.1) is 6.20 Å². The van der Waals surface area contributed by atoms with Crippen molar-refractivity contribution < 1.29 is 4.79 Å². The number of aromatic nitrogens is 3. The second-order valence-corrected chi connectivity index (χ2v) is 9.05. The van der Waals surface area contributed by atoms with E-state index in [9.17, 15) is 4.79 Å². The van der Waals surface area contributed by atoms with E-state index in [-0.39, 0.29) is 11.4 Å². The topological polar surface area (TPSA) is 75.1 Å². The van der Waals surface area contributed by atoms with Crippen LogP contribution in [-0.4, -0.2) is 64.1 Å². The average Bonchev–Trinajstić information content (AvgIpc) is 3.23. The van der Waals surface area contributed by atoms with E-state index in [2.05, 4.69) is 25.8 Å². The first-order valence-corrected chi connectivity index (χ1v) is 11.4. The molecule has 7 heteroatoms. The van der Waals surface area contributed by atoms with Crippen molar-refractivity contribution in [1.82, 2.24) is 30.5 Å². The van der Waals surface area contributed by atoms with Gasteiger partial charge >= 0.3 is 0 Å². The Kier molecular flexibility index (Phi) is 6.62. The summed E-state index contributed by atoms with van der Waals surface area (Å²) in [4.78, 5) is 15.4. The Morgan fingerprint density at radius 3 is 2.68 bits per heavy atom. The first-order chi connectivity index (χ1) is 13.8. The molecule has 4 rings (SSSR count). The third-order valence-corrected chi connectivity index (χ3v) is 7.00. The predicted molar refractivity (Wildman–Crippen MR) is 109 cm³/mol. The second kappa shape index (κ2) is 9.35. The highest BCUT2D eigenvalue weighted by Gasteiger charge is 2.38. The van der Waals surface area contributed by atoms with Gasteiger partial charge in [0.25, 0.3) is 5.91 Å². The van der Waals surface area contributed by atoms with Crippen molar-refractivity contribution in [2.75, 3.05) is 32.7 Å². The van der Waals surface area contributed by atoms with E-state index in [1.165, 1.54) is 77.3 Å². The van der Waals surface area contributed by atoms with E-state index in [1.54, 1.807) is 0 Å². The fourth-order valence-corrected chi connectivity index (χ4v) is 5.35. The quantitative estimate of drug-likeness (QED) is 0.781. The molecule has 0 radical (unpaired) electrons. The molecule has 3 fully saturated rings. The molecule has 2 aliphatic heterocycles. The molecular formula is C21H36N6O.